The monoisotopic (exact) mass is 349 g/mol. The van der Waals surface area contributed by atoms with Crippen LogP contribution in [-0.4, -0.2) is 49.1 Å². The molecule has 1 aromatic heterocycles. The lowest BCUT2D eigenvalue weighted by atomic mass is 10.1. The van der Waals surface area contributed by atoms with E-state index < -0.39 is 0 Å². The van der Waals surface area contributed by atoms with Crippen LogP contribution in [0.1, 0.15) is 5.56 Å². The second-order valence-corrected chi connectivity index (χ2v) is 6.62. The molecule has 134 valence electrons. The first-order valence-electron chi connectivity index (χ1n) is 8.96. The molecule has 0 atom stereocenters. The molecule has 2 heterocycles. The predicted molar refractivity (Wildman–Crippen MR) is 104 cm³/mol. The van der Waals surface area contributed by atoms with Gasteiger partial charge in [0.25, 0.3) is 0 Å². The molecule has 1 fully saturated rings. The van der Waals surface area contributed by atoms with E-state index in [1.165, 1.54) is 5.39 Å². The maximum absolute atomic E-state index is 12.7. The van der Waals surface area contributed by atoms with Crippen LogP contribution in [0, 0.1) is 0 Å². The summed E-state index contributed by atoms with van der Waals surface area (Å²) < 4.78 is 5.46. The number of benzene rings is 2. The topological polar surface area (TPSA) is 48.6 Å². The molecule has 0 aliphatic carbocycles. The number of nitrogens with one attached hydrogen (secondary N) is 1. The summed E-state index contributed by atoms with van der Waals surface area (Å²) in [5, 5.41) is 1.17. The van der Waals surface area contributed by atoms with Crippen LogP contribution in [-0.2, 0) is 11.2 Å². The number of hydrogen-bond donors (Lipinski definition) is 1. The molecule has 1 N–H and O–H groups in total. The first kappa shape index (κ1) is 16.5. The summed E-state index contributed by atoms with van der Waals surface area (Å²) >= 11 is 0. The highest BCUT2D eigenvalue weighted by Gasteiger charge is 2.22. The molecule has 0 saturated carbocycles. The van der Waals surface area contributed by atoms with E-state index in [1.54, 1.807) is 7.11 Å². The number of nitrogens with zero attached hydrogens (tertiary/aromatic N) is 2. The summed E-state index contributed by atoms with van der Waals surface area (Å²) in [6, 6.07) is 16.3. The number of anilines is 1. The number of hydrogen-bond acceptors (Lipinski definition) is 3. The van der Waals surface area contributed by atoms with Crippen molar-refractivity contribution in [2.75, 3.05) is 38.2 Å². The van der Waals surface area contributed by atoms with Crippen LogP contribution in [0.15, 0.2) is 54.7 Å². The molecule has 1 aliphatic rings. The molecule has 26 heavy (non-hydrogen) atoms. The Balaban J connectivity index is 1.38. The third-order valence-electron chi connectivity index (χ3n) is 5.03. The lowest BCUT2D eigenvalue weighted by Gasteiger charge is -2.36. The van der Waals surface area contributed by atoms with Crippen molar-refractivity contribution in [2.45, 2.75) is 6.42 Å². The Morgan fingerprint density at radius 1 is 1.08 bits per heavy atom. The zero-order chi connectivity index (χ0) is 17.9. The number of carbonyl (C=O) groups excluding carboxylic acids is 1. The third-order valence-corrected chi connectivity index (χ3v) is 5.03. The van der Waals surface area contributed by atoms with Crippen molar-refractivity contribution >= 4 is 22.5 Å². The lowest BCUT2D eigenvalue weighted by molar-refractivity contribution is -0.130. The Bertz CT molecular complexity index is 910. The highest BCUT2D eigenvalue weighted by molar-refractivity contribution is 5.83. The van der Waals surface area contributed by atoms with Gasteiger partial charge >= 0.3 is 0 Å². The van der Waals surface area contributed by atoms with Crippen LogP contribution in [0.2, 0.25) is 0 Å². The van der Waals surface area contributed by atoms with Gasteiger partial charge in [-0.3, -0.25) is 4.79 Å². The quantitative estimate of drug-likeness (QED) is 0.787. The van der Waals surface area contributed by atoms with Gasteiger partial charge in [-0.15, -0.1) is 0 Å². The van der Waals surface area contributed by atoms with E-state index in [1.807, 2.05) is 41.4 Å². The smallest absolute Gasteiger partial charge is 0.227 e. The van der Waals surface area contributed by atoms with Gasteiger partial charge in [0.05, 0.1) is 19.2 Å². The molecule has 2 aromatic carbocycles. The zero-order valence-electron chi connectivity index (χ0n) is 14.9. The van der Waals surface area contributed by atoms with E-state index in [0.717, 1.165) is 48.7 Å². The summed E-state index contributed by atoms with van der Waals surface area (Å²) in [6.07, 6.45) is 2.37. The lowest BCUT2D eigenvalue weighted by Crippen LogP contribution is -2.49. The number of H-pyrrole nitrogens is 1. The molecule has 1 saturated heterocycles. The summed E-state index contributed by atoms with van der Waals surface area (Å²) in [4.78, 5) is 20.1. The van der Waals surface area contributed by atoms with Crippen molar-refractivity contribution in [1.82, 2.24) is 9.88 Å². The van der Waals surface area contributed by atoms with Crippen LogP contribution in [0.25, 0.3) is 10.9 Å². The largest absolute Gasteiger partial charge is 0.495 e. The molecule has 0 spiro atoms. The van der Waals surface area contributed by atoms with Gasteiger partial charge in [-0.2, -0.15) is 0 Å². The Labute approximate surface area is 153 Å². The van der Waals surface area contributed by atoms with Crippen LogP contribution in [0.5, 0.6) is 5.75 Å². The van der Waals surface area contributed by atoms with Crippen LogP contribution < -0.4 is 9.64 Å². The summed E-state index contributed by atoms with van der Waals surface area (Å²) in [7, 11) is 1.69. The summed E-state index contributed by atoms with van der Waals surface area (Å²) in [6.45, 7) is 3.12. The fourth-order valence-electron chi connectivity index (χ4n) is 3.58. The normalized spacial score (nSPS) is 14.7. The standard InChI is InChI=1S/C21H23N3O2/c1-26-20-5-3-2-4-19(20)23-10-12-24(13-11-23)21(25)15-16-6-7-17-8-9-22-18(17)14-16/h2-9,14,22H,10-13,15H2,1H3. The molecule has 1 aliphatic heterocycles. The molecule has 3 aromatic rings. The molecule has 4 rings (SSSR count). The van der Waals surface area contributed by atoms with E-state index in [2.05, 4.69) is 28.1 Å². The van der Waals surface area contributed by atoms with Crippen molar-refractivity contribution in [1.29, 1.82) is 0 Å². The average Bonchev–Trinajstić information content (AvgIpc) is 3.16. The minimum atomic E-state index is 0.190. The van der Waals surface area contributed by atoms with Gasteiger partial charge in [-0.05, 0) is 35.2 Å². The van der Waals surface area contributed by atoms with E-state index in [4.69, 9.17) is 4.74 Å². The highest BCUT2D eigenvalue weighted by Crippen LogP contribution is 2.28. The van der Waals surface area contributed by atoms with Crippen LogP contribution in [0.3, 0.4) is 0 Å². The minimum absolute atomic E-state index is 0.190. The predicted octanol–water partition coefficient (Wildman–Crippen LogP) is 3.07. The third kappa shape index (κ3) is 3.25. The van der Waals surface area contributed by atoms with Gasteiger partial charge in [-0.25, -0.2) is 0 Å². The fourth-order valence-corrected chi connectivity index (χ4v) is 3.58. The van der Waals surface area contributed by atoms with Crippen LogP contribution >= 0.6 is 0 Å². The van der Waals surface area contributed by atoms with Gasteiger partial charge in [0.1, 0.15) is 5.75 Å². The second kappa shape index (κ2) is 7.12. The molecular weight excluding hydrogens is 326 g/mol. The minimum Gasteiger partial charge on any atom is -0.495 e. The number of aromatic amines is 1. The highest BCUT2D eigenvalue weighted by atomic mass is 16.5. The van der Waals surface area contributed by atoms with Crippen molar-refractivity contribution < 1.29 is 9.53 Å². The maximum atomic E-state index is 12.7. The van der Waals surface area contributed by atoms with Crippen molar-refractivity contribution in [3.63, 3.8) is 0 Å². The Kier molecular flexibility index (Phi) is 4.52. The molecule has 5 heteroatoms. The summed E-state index contributed by atoms with van der Waals surface area (Å²) in [5.74, 6) is 1.07. The Hall–Kier alpha value is -2.95. The SMILES string of the molecule is COc1ccccc1N1CCN(C(=O)Cc2ccc3cc[nH]c3c2)CC1. The number of para-hydroxylation sites is 2. The van der Waals surface area contributed by atoms with Crippen LogP contribution in [0.4, 0.5) is 5.69 Å². The first-order valence-corrected chi connectivity index (χ1v) is 8.96. The number of fused-ring (bicyclic) bond motifs is 1. The number of carbonyl (C=O) groups is 1. The first-order chi connectivity index (χ1) is 12.7. The molecular formula is C21H23N3O2. The maximum Gasteiger partial charge on any atom is 0.227 e. The number of ether oxygens (including phenoxy) is 1. The van der Waals surface area contributed by atoms with Crippen molar-refractivity contribution in [3.8, 4) is 5.75 Å². The number of amides is 1. The van der Waals surface area contributed by atoms with E-state index >= 15 is 0 Å². The zero-order valence-corrected chi connectivity index (χ0v) is 14.9. The number of aromatic nitrogens is 1. The number of piperazine rings is 1. The fraction of sp³-hybridized carbons (Fsp3) is 0.286. The molecule has 1 amide bonds. The van der Waals surface area contributed by atoms with Crippen molar-refractivity contribution in [2.24, 2.45) is 0 Å². The Morgan fingerprint density at radius 2 is 1.88 bits per heavy atom. The van der Waals surface area contributed by atoms with E-state index in [-0.39, 0.29) is 5.91 Å². The van der Waals surface area contributed by atoms with E-state index in [9.17, 15) is 4.79 Å². The Morgan fingerprint density at radius 3 is 2.69 bits per heavy atom. The number of rotatable bonds is 4. The molecule has 0 radical (unpaired) electrons. The summed E-state index contributed by atoms with van der Waals surface area (Å²) in [5.41, 5.74) is 3.23. The molecule has 0 unspecified atom stereocenters. The van der Waals surface area contributed by atoms with Gasteiger partial charge in [-0.1, -0.05) is 24.3 Å². The second-order valence-electron chi connectivity index (χ2n) is 6.62. The van der Waals surface area contributed by atoms with Gasteiger partial charge in [0, 0.05) is 37.9 Å². The number of methoxy groups -OCH3 is 1. The van der Waals surface area contributed by atoms with Gasteiger partial charge in [0.2, 0.25) is 5.91 Å². The van der Waals surface area contributed by atoms with Gasteiger partial charge in [0.15, 0.2) is 0 Å². The van der Waals surface area contributed by atoms with E-state index in [0.29, 0.717) is 6.42 Å². The van der Waals surface area contributed by atoms with Gasteiger partial charge < -0.3 is 19.5 Å². The molecule has 0 bridgehead atoms. The molecule has 5 nitrogen and oxygen atoms in total. The average molecular weight is 349 g/mol. The van der Waals surface area contributed by atoms with Crippen molar-refractivity contribution in [3.05, 3.63) is 60.3 Å².